The van der Waals surface area contributed by atoms with E-state index in [1.54, 1.807) is 31.5 Å². The number of pyridine rings is 1. The highest BCUT2D eigenvalue weighted by Crippen LogP contribution is 2.31. The summed E-state index contributed by atoms with van der Waals surface area (Å²) in [4.78, 5) is 27.0. The summed E-state index contributed by atoms with van der Waals surface area (Å²) >= 11 is 0. The van der Waals surface area contributed by atoms with Crippen LogP contribution in [0, 0.1) is 13.8 Å². The van der Waals surface area contributed by atoms with E-state index in [9.17, 15) is 14.7 Å². The summed E-state index contributed by atoms with van der Waals surface area (Å²) in [5.41, 5.74) is 0.390. The normalized spacial score (nSPS) is 10.3. The summed E-state index contributed by atoms with van der Waals surface area (Å²) in [5.74, 6) is -0.664. The second-order valence-electron chi connectivity index (χ2n) is 5.82. The van der Waals surface area contributed by atoms with Crippen LogP contribution in [-0.2, 0) is 0 Å². The summed E-state index contributed by atoms with van der Waals surface area (Å²) < 4.78 is 10.9. The number of hydrogen-bond acceptors (Lipinski definition) is 5. The third-order valence-electron chi connectivity index (χ3n) is 4.02. The quantitative estimate of drug-likeness (QED) is 0.565. The molecule has 6 nitrogen and oxygen atoms in total. The first-order valence-corrected chi connectivity index (χ1v) is 8.20. The molecule has 0 aliphatic heterocycles. The Morgan fingerprint density at radius 2 is 1.67 bits per heavy atom. The van der Waals surface area contributed by atoms with E-state index in [4.69, 9.17) is 8.83 Å². The molecule has 0 unspecified atom stereocenters. The predicted octanol–water partition coefficient (Wildman–Crippen LogP) is 4.45. The molecule has 3 heterocycles. The van der Waals surface area contributed by atoms with Gasteiger partial charge < -0.3 is 13.9 Å². The molecule has 4 rings (SSSR count). The second kappa shape index (κ2) is 7.70. The van der Waals surface area contributed by atoms with Crippen molar-refractivity contribution in [1.82, 2.24) is 4.98 Å². The average molecular weight is 363 g/mol. The van der Waals surface area contributed by atoms with Crippen LogP contribution < -0.4 is 5.63 Å². The molecule has 1 aromatic carbocycles. The zero-order valence-corrected chi connectivity index (χ0v) is 14.8. The monoisotopic (exact) mass is 363 g/mol. The molecule has 6 heteroatoms. The van der Waals surface area contributed by atoms with Crippen molar-refractivity contribution in [2.24, 2.45) is 0 Å². The molecule has 0 spiro atoms. The predicted molar refractivity (Wildman–Crippen MR) is 101 cm³/mol. The van der Waals surface area contributed by atoms with Gasteiger partial charge in [0.25, 0.3) is 0 Å². The Bertz CT molecular complexity index is 1080. The number of carboxylic acid groups (broad SMARTS) is 1. The topological polar surface area (TPSA) is 93.5 Å². The minimum absolute atomic E-state index is 0.0401. The lowest BCUT2D eigenvalue weighted by Crippen LogP contribution is -2.14. The largest absolute Gasteiger partial charge is 0.478 e. The Hall–Kier alpha value is -3.67. The van der Waals surface area contributed by atoms with E-state index < -0.39 is 11.6 Å². The van der Waals surface area contributed by atoms with Crippen LogP contribution in [0.1, 0.15) is 21.5 Å². The Kier molecular flexibility index (Phi) is 5.17. The highest BCUT2D eigenvalue weighted by Gasteiger charge is 2.22. The van der Waals surface area contributed by atoms with Gasteiger partial charge in [0, 0.05) is 28.9 Å². The number of nitrogens with zero attached hydrogens (tertiary/aromatic N) is 1. The summed E-state index contributed by atoms with van der Waals surface area (Å²) in [6, 6.07) is 14.8. The molecule has 3 aromatic heterocycles. The smallest absolute Gasteiger partial charge is 0.340 e. The number of carbonyl (C=O) groups is 1. The van der Waals surface area contributed by atoms with Crippen molar-refractivity contribution in [3.63, 3.8) is 0 Å². The van der Waals surface area contributed by atoms with Gasteiger partial charge in [0.2, 0.25) is 0 Å². The van der Waals surface area contributed by atoms with Crippen molar-refractivity contribution in [3.8, 4) is 11.5 Å². The van der Waals surface area contributed by atoms with Gasteiger partial charge in [0.1, 0.15) is 5.58 Å². The molecule has 27 heavy (non-hydrogen) atoms. The van der Waals surface area contributed by atoms with Crippen LogP contribution in [0.25, 0.3) is 22.5 Å². The molecule has 1 N–H and O–H groups in total. The van der Waals surface area contributed by atoms with E-state index in [0.29, 0.717) is 16.9 Å². The lowest BCUT2D eigenvalue weighted by atomic mass is 10.0. The Morgan fingerprint density at radius 3 is 2.22 bits per heavy atom. The molecule has 0 atom stereocenters. The van der Waals surface area contributed by atoms with E-state index >= 15 is 0 Å². The number of rotatable bonds is 2. The molecule has 0 saturated heterocycles. The third kappa shape index (κ3) is 3.79. The molecule has 0 fully saturated rings. The van der Waals surface area contributed by atoms with Crippen LogP contribution in [0.15, 0.2) is 74.6 Å². The number of carboxylic acids is 1. The fourth-order valence-electron chi connectivity index (χ4n) is 2.70. The van der Waals surface area contributed by atoms with E-state index in [0.717, 1.165) is 5.39 Å². The van der Waals surface area contributed by atoms with Gasteiger partial charge in [0.05, 0.1) is 5.56 Å². The molecule has 0 aliphatic rings. The fourth-order valence-corrected chi connectivity index (χ4v) is 2.70. The number of hydrogen-bond donors (Lipinski definition) is 1. The number of aromatic carboxylic acids is 1. The first kappa shape index (κ1) is 18.1. The Labute approximate surface area is 154 Å². The van der Waals surface area contributed by atoms with Gasteiger partial charge in [-0.1, -0.05) is 24.3 Å². The molecule has 0 radical (unpaired) electrons. The lowest BCUT2D eigenvalue weighted by molar-refractivity contribution is 0.0694. The van der Waals surface area contributed by atoms with Crippen molar-refractivity contribution in [1.29, 1.82) is 0 Å². The van der Waals surface area contributed by atoms with Gasteiger partial charge in [-0.15, -0.1) is 0 Å². The van der Waals surface area contributed by atoms with Crippen LogP contribution in [0.2, 0.25) is 0 Å². The zero-order valence-electron chi connectivity index (χ0n) is 14.8. The molecular weight excluding hydrogens is 346 g/mol. The SMILES string of the molecule is Cc1c(-c2cc3ccccc3o2)oc(=O)c(C)c1C(=O)O.c1ccncc1. The number of benzene rings is 1. The standard InChI is InChI=1S/C16H12O5.C5H5N/c1-8-13(15(17)18)9(2)16(19)21-14(8)12-7-10-5-3-4-6-11(10)20-12;1-2-4-6-5-3-1/h3-7H,1-2H3,(H,17,18);1-5H. The molecular formula is C21H17NO5. The van der Waals surface area contributed by atoms with Gasteiger partial charge >= 0.3 is 11.6 Å². The highest BCUT2D eigenvalue weighted by molar-refractivity contribution is 5.93. The number of para-hydroxylation sites is 1. The van der Waals surface area contributed by atoms with E-state index in [2.05, 4.69) is 4.98 Å². The molecule has 0 amide bonds. The van der Waals surface area contributed by atoms with Crippen molar-refractivity contribution < 1.29 is 18.7 Å². The molecule has 136 valence electrons. The van der Waals surface area contributed by atoms with Crippen molar-refractivity contribution >= 4 is 16.9 Å². The van der Waals surface area contributed by atoms with Crippen LogP contribution in [0.5, 0.6) is 0 Å². The zero-order chi connectivity index (χ0) is 19.4. The first-order chi connectivity index (χ1) is 13.0. The summed E-state index contributed by atoms with van der Waals surface area (Å²) in [6.45, 7) is 3.03. The van der Waals surface area contributed by atoms with Crippen LogP contribution in [-0.4, -0.2) is 16.1 Å². The van der Waals surface area contributed by atoms with Crippen molar-refractivity contribution in [3.05, 3.63) is 88.0 Å². The van der Waals surface area contributed by atoms with Gasteiger partial charge in [-0.3, -0.25) is 4.98 Å². The number of aromatic nitrogens is 1. The summed E-state index contributed by atoms with van der Waals surface area (Å²) in [6.07, 6.45) is 3.50. The maximum absolute atomic E-state index is 11.8. The van der Waals surface area contributed by atoms with Crippen molar-refractivity contribution in [2.75, 3.05) is 0 Å². The lowest BCUT2D eigenvalue weighted by Gasteiger charge is -2.07. The van der Waals surface area contributed by atoms with Crippen LogP contribution in [0.4, 0.5) is 0 Å². The molecule has 4 aromatic rings. The van der Waals surface area contributed by atoms with Crippen LogP contribution >= 0.6 is 0 Å². The van der Waals surface area contributed by atoms with Gasteiger partial charge in [0.15, 0.2) is 11.5 Å². The van der Waals surface area contributed by atoms with Gasteiger partial charge in [-0.25, -0.2) is 9.59 Å². The van der Waals surface area contributed by atoms with E-state index in [1.807, 2.05) is 36.4 Å². The van der Waals surface area contributed by atoms with Gasteiger partial charge in [-0.05, 0) is 38.1 Å². The fraction of sp³-hybridized carbons (Fsp3) is 0.0952. The van der Waals surface area contributed by atoms with E-state index in [1.165, 1.54) is 6.92 Å². The van der Waals surface area contributed by atoms with E-state index in [-0.39, 0.29) is 16.9 Å². The van der Waals surface area contributed by atoms with Gasteiger partial charge in [-0.2, -0.15) is 0 Å². The van der Waals surface area contributed by atoms with Crippen molar-refractivity contribution in [2.45, 2.75) is 13.8 Å². The maximum atomic E-state index is 11.8. The highest BCUT2D eigenvalue weighted by atomic mass is 16.4. The minimum Gasteiger partial charge on any atom is -0.478 e. The summed E-state index contributed by atoms with van der Waals surface area (Å²) in [7, 11) is 0. The first-order valence-electron chi connectivity index (χ1n) is 8.20. The molecule has 0 aliphatic carbocycles. The molecule has 0 saturated carbocycles. The maximum Gasteiger partial charge on any atom is 0.340 e. The Balaban J connectivity index is 0.000000299. The van der Waals surface area contributed by atoms with Crippen LogP contribution in [0.3, 0.4) is 0 Å². The third-order valence-corrected chi connectivity index (χ3v) is 4.02. The number of furan rings is 1. The molecule has 0 bridgehead atoms. The minimum atomic E-state index is -1.16. The number of fused-ring (bicyclic) bond motifs is 1. The Morgan fingerprint density at radius 1 is 0.963 bits per heavy atom. The average Bonchev–Trinajstić information content (AvgIpc) is 3.10. The summed E-state index contributed by atoms with van der Waals surface area (Å²) in [5, 5.41) is 10.1. The second-order valence-corrected chi connectivity index (χ2v) is 5.82.